The van der Waals surface area contributed by atoms with Crippen LogP contribution in [-0.4, -0.2) is 75.0 Å². The Morgan fingerprint density at radius 3 is 2.74 bits per heavy atom. The summed E-state index contributed by atoms with van der Waals surface area (Å²) in [6, 6.07) is 16.9. The number of nitrogens with zero attached hydrogens (tertiary/aromatic N) is 4. The van der Waals surface area contributed by atoms with Gasteiger partial charge in [-0.05, 0) is 52.9 Å². The van der Waals surface area contributed by atoms with Crippen LogP contribution in [0.2, 0.25) is 0 Å². The summed E-state index contributed by atoms with van der Waals surface area (Å²) >= 11 is 1.53. The van der Waals surface area contributed by atoms with Gasteiger partial charge in [-0.25, -0.2) is 14.6 Å². The van der Waals surface area contributed by atoms with Crippen molar-refractivity contribution in [2.45, 2.75) is 62.0 Å². The minimum atomic E-state index is -0.751. The number of amides is 4. The number of nitrogens with one attached hydrogen (secondary N) is 4. The second-order valence-corrected chi connectivity index (χ2v) is 13.4. The van der Waals surface area contributed by atoms with Gasteiger partial charge in [0.05, 0.1) is 24.5 Å². The minimum Gasteiger partial charge on any atom is -0.360 e. The molecular formula is C33H38FN9O3S. The summed E-state index contributed by atoms with van der Waals surface area (Å²) in [6.07, 6.45) is 0.451. The molecular weight excluding hydrogens is 621 g/mol. The van der Waals surface area contributed by atoms with Gasteiger partial charge in [-0.2, -0.15) is 5.01 Å². The highest BCUT2D eigenvalue weighted by Gasteiger charge is 2.52. The fourth-order valence-electron chi connectivity index (χ4n) is 6.80. The standard InChI is InChI=1S/C33H38FN9O3S/c1-2-12-41(33(46)36-15-20-6-9-24(34)10-7-20)42-19-29(44)43-26(14-21-8-11-25-23(13-21)16-37-39-25)31(45)40(18-28(42)43)17-22-4-3-5-27-30(22)38-32(35)47-27/h3-11,13,26,28,32,37-39H,2,12,14-19,35H2,1H3,(H,36,46)/t26-,28+,32?/m0/s1. The van der Waals surface area contributed by atoms with Crippen LogP contribution in [-0.2, 0) is 35.6 Å². The molecule has 4 amide bonds. The van der Waals surface area contributed by atoms with Gasteiger partial charge in [-0.15, -0.1) is 0 Å². The molecule has 4 aliphatic heterocycles. The lowest BCUT2D eigenvalue weighted by Crippen LogP contribution is -2.66. The molecule has 7 rings (SSSR count). The van der Waals surface area contributed by atoms with Crippen LogP contribution in [0.15, 0.2) is 65.6 Å². The van der Waals surface area contributed by atoms with E-state index < -0.39 is 12.2 Å². The van der Waals surface area contributed by atoms with Crippen molar-refractivity contribution in [1.29, 1.82) is 0 Å². The van der Waals surface area contributed by atoms with E-state index in [1.807, 2.05) is 37.3 Å². The number of hydrazine groups is 2. The molecule has 2 fully saturated rings. The van der Waals surface area contributed by atoms with Crippen LogP contribution in [0.1, 0.15) is 35.6 Å². The molecule has 4 heterocycles. The minimum absolute atomic E-state index is 0.0297. The Labute approximate surface area is 276 Å². The van der Waals surface area contributed by atoms with Crippen molar-refractivity contribution >= 4 is 41.0 Å². The van der Waals surface area contributed by atoms with Crippen molar-refractivity contribution < 1.29 is 18.8 Å². The van der Waals surface area contributed by atoms with Crippen molar-refractivity contribution in [3.63, 3.8) is 0 Å². The third-order valence-electron chi connectivity index (χ3n) is 9.02. The molecule has 6 N–H and O–H groups in total. The summed E-state index contributed by atoms with van der Waals surface area (Å²) in [5.74, 6) is -0.682. The fraction of sp³-hybridized carbons (Fsp3) is 0.364. The van der Waals surface area contributed by atoms with Crippen molar-refractivity contribution in [2.75, 3.05) is 30.4 Å². The number of hydrogen-bond acceptors (Lipinski definition) is 9. The number of urea groups is 1. The Balaban J connectivity index is 1.18. The summed E-state index contributed by atoms with van der Waals surface area (Å²) in [5, 5.41) is 9.64. The van der Waals surface area contributed by atoms with Gasteiger partial charge >= 0.3 is 6.03 Å². The van der Waals surface area contributed by atoms with Crippen LogP contribution in [0.4, 0.5) is 20.6 Å². The molecule has 14 heteroatoms. The molecule has 47 heavy (non-hydrogen) atoms. The predicted octanol–water partition coefficient (Wildman–Crippen LogP) is 2.98. The number of nitrogens with two attached hydrogens (primary N) is 1. The third kappa shape index (κ3) is 6.21. The average molecular weight is 660 g/mol. The van der Waals surface area contributed by atoms with Crippen LogP contribution in [0.5, 0.6) is 0 Å². The second-order valence-electron chi connectivity index (χ2n) is 12.2. The molecule has 0 radical (unpaired) electrons. The first-order valence-electron chi connectivity index (χ1n) is 15.9. The van der Waals surface area contributed by atoms with Crippen molar-refractivity contribution in [1.82, 2.24) is 30.6 Å². The molecule has 0 spiro atoms. The van der Waals surface area contributed by atoms with E-state index in [1.165, 1.54) is 23.9 Å². The fourth-order valence-corrected chi connectivity index (χ4v) is 7.72. The van der Waals surface area contributed by atoms with Crippen molar-refractivity contribution in [3.05, 3.63) is 88.7 Å². The van der Waals surface area contributed by atoms with Crippen LogP contribution >= 0.6 is 11.8 Å². The molecule has 4 aliphatic rings. The summed E-state index contributed by atoms with van der Waals surface area (Å²) in [6.45, 7) is 3.74. The summed E-state index contributed by atoms with van der Waals surface area (Å²) in [7, 11) is 0. The summed E-state index contributed by atoms with van der Waals surface area (Å²) in [4.78, 5) is 46.4. The van der Waals surface area contributed by atoms with E-state index in [0.717, 1.165) is 38.5 Å². The molecule has 12 nitrogen and oxygen atoms in total. The van der Waals surface area contributed by atoms with Crippen LogP contribution < -0.4 is 27.2 Å². The zero-order chi connectivity index (χ0) is 32.7. The maximum Gasteiger partial charge on any atom is 0.332 e. The van der Waals surface area contributed by atoms with Gasteiger partial charge in [0, 0.05) is 37.5 Å². The normalized spacial score (nSPS) is 21.6. The van der Waals surface area contributed by atoms with Crippen LogP contribution in [0, 0.1) is 5.82 Å². The van der Waals surface area contributed by atoms with E-state index in [2.05, 4.69) is 27.6 Å². The van der Waals surface area contributed by atoms with Gasteiger partial charge in [0.1, 0.15) is 23.5 Å². The molecule has 1 unspecified atom stereocenters. The average Bonchev–Trinajstić information content (AvgIpc) is 3.77. The number of para-hydroxylation sites is 1. The number of carbonyl (C=O) groups excluding carboxylic acids is 3. The molecule has 246 valence electrons. The van der Waals surface area contributed by atoms with E-state index in [9.17, 15) is 18.8 Å². The highest BCUT2D eigenvalue weighted by Crippen LogP contribution is 2.40. The van der Waals surface area contributed by atoms with Gasteiger partial charge in [-0.3, -0.25) is 14.6 Å². The van der Waals surface area contributed by atoms with Gasteiger partial charge in [0.15, 0.2) is 0 Å². The largest absolute Gasteiger partial charge is 0.360 e. The molecule has 3 aromatic rings. The summed E-state index contributed by atoms with van der Waals surface area (Å²) in [5.41, 5.74) is 17.8. The molecule has 0 saturated carbocycles. The predicted molar refractivity (Wildman–Crippen MR) is 177 cm³/mol. The van der Waals surface area contributed by atoms with Gasteiger partial charge in [-0.1, -0.05) is 55.1 Å². The molecule has 0 aliphatic carbocycles. The third-order valence-corrected chi connectivity index (χ3v) is 9.98. The Kier molecular flexibility index (Phi) is 8.66. The van der Waals surface area contributed by atoms with E-state index in [0.29, 0.717) is 32.5 Å². The monoisotopic (exact) mass is 659 g/mol. The highest BCUT2D eigenvalue weighted by atomic mass is 32.2. The first-order chi connectivity index (χ1) is 22.8. The van der Waals surface area contributed by atoms with Crippen molar-refractivity contribution in [3.8, 4) is 0 Å². The van der Waals surface area contributed by atoms with Crippen LogP contribution in [0.25, 0.3) is 0 Å². The Hall–Kier alpha value is -4.37. The lowest BCUT2D eigenvalue weighted by molar-refractivity contribution is -0.157. The number of hydrogen-bond donors (Lipinski definition) is 5. The number of anilines is 2. The zero-order valence-corrected chi connectivity index (χ0v) is 26.9. The number of piperazine rings is 1. The number of fused-ring (bicyclic) bond motifs is 3. The second kappa shape index (κ2) is 13.0. The van der Waals surface area contributed by atoms with E-state index >= 15 is 0 Å². The van der Waals surface area contributed by atoms with Crippen molar-refractivity contribution in [2.24, 2.45) is 5.73 Å². The molecule has 0 bridgehead atoms. The molecule has 0 aromatic heterocycles. The van der Waals surface area contributed by atoms with Crippen LogP contribution in [0.3, 0.4) is 0 Å². The Morgan fingerprint density at radius 2 is 1.94 bits per heavy atom. The number of carbonyl (C=O) groups is 3. The lowest BCUT2D eigenvalue weighted by atomic mass is 9.98. The van der Waals surface area contributed by atoms with Gasteiger partial charge in [0.2, 0.25) is 11.8 Å². The molecule has 3 aromatic carbocycles. The SMILES string of the molecule is CCCN(C(=O)NCc1ccc(F)cc1)N1CC(=O)N2[C@@H](Cc3ccc4c(c3)CNN4)C(=O)N(Cc3cccc4c3NC(N)S4)C[C@@H]21. The summed E-state index contributed by atoms with van der Waals surface area (Å²) < 4.78 is 13.4. The Morgan fingerprint density at radius 1 is 1.13 bits per heavy atom. The first-order valence-corrected chi connectivity index (χ1v) is 16.7. The first kappa shape index (κ1) is 31.2. The number of halogens is 1. The van der Waals surface area contributed by atoms with Gasteiger partial charge in [0.25, 0.3) is 0 Å². The lowest BCUT2D eigenvalue weighted by Gasteiger charge is -2.46. The molecule has 3 atom stereocenters. The van der Waals surface area contributed by atoms with E-state index in [1.54, 1.807) is 32.0 Å². The maximum atomic E-state index is 14.4. The molecule has 2 saturated heterocycles. The van der Waals surface area contributed by atoms with Gasteiger partial charge < -0.3 is 31.6 Å². The highest BCUT2D eigenvalue weighted by molar-refractivity contribution is 8.00. The topological polar surface area (TPSA) is 138 Å². The number of rotatable bonds is 9. The smallest absolute Gasteiger partial charge is 0.332 e. The van der Waals surface area contributed by atoms with E-state index in [4.69, 9.17) is 5.73 Å². The Bertz CT molecular complexity index is 1690. The maximum absolute atomic E-state index is 14.4. The van der Waals surface area contributed by atoms with E-state index in [-0.39, 0.29) is 48.8 Å². The number of benzene rings is 3. The zero-order valence-electron chi connectivity index (χ0n) is 26.0. The quantitative estimate of drug-likeness (QED) is 0.235. The number of thioether (sulfide) groups is 1.